The number of halogens is 1. The summed E-state index contributed by atoms with van der Waals surface area (Å²) in [6, 6.07) is 4.52. The fourth-order valence-corrected chi connectivity index (χ4v) is 4.49. The smallest absolute Gasteiger partial charge is 0.246 e. The van der Waals surface area contributed by atoms with Gasteiger partial charge in [-0.3, -0.25) is 15.0 Å². The zero-order valence-electron chi connectivity index (χ0n) is 25.4. The number of likely N-dealkylation sites (tertiary alicyclic amines) is 1. The van der Waals surface area contributed by atoms with Crippen molar-refractivity contribution in [2.24, 2.45) is 0 Å². The van der Waals surface area contributed by atoms with E-state index in [0.29, 0.717) is 74.1 Å². The summed E-state index contributed by atoms with van der Waals surface area (Å²) in [5.41, 5.74) is 1.83. The van der Waals surface area contributed by atoms with Crippen molar-refractivity contribution in [2.75, 3.05) is 63.3 Å². The molecule has 2 aromatic rings. The van der Waals surface area contributed by atoms with Crippen molar-refractivity contribution in [1.29, 1.82) is 5.41 Å². The molecule has 43 heavy (non-hydrogen) atoms. The molecule has 230 valence electrons. The lowest BCUT2D eigenvalue weighted by Crippen LogP contribution is -2.45. The summed E-state index contributed by atoms with van der Waals surface area (Å²) >= 11 is 0. The maximum Gasteiger partial charge on any atom is 0.246 e. The van der Waals surface area contributed by atoms with E-state index < -0.39 is 12.0 Å². The number of nitrogens with zero attached hydrogens (tertiary/aromatic N) is 4. The Morgan fingerprint density at radius 3 is 2.81 bits per heavy atom. The number of carbonyl (C=O) groups is 2. The maximum atomic E-state index is 13.7. The Morgan fingerprint density at radius 2 is 2.09 bits per heavy atom. The van der Waals surface area contributed by atoms with Crippen molar-refractivity contribution < 1.29 is 14.0 Å². The van der Waals surface area contributed by atoms with Crippen LogP contribution in [0.3, 0.4) is 0 Å². The van der Waals surface area contributed by atoms with E-state index in [9.17, 15) is 14.0 Å². The lowest BCUT2D eigenvalue weighted by molar-refractivity contribution is -0.135. The summed E-state index contributed by atoms with van der Waals surface area (Å²) in [7, 11) is 5.53. The number of benzene rings is 1. The molecule has 1 aromatic carbocycles. The minimum Gasteiger partial charge on any atom is -0.388 e. The van der Waals surface area contributed by atoms with Gasteiger partial charge in [0.2, 0.25) is 23.7 Å². The third kappa shape index (κ3) is 10.1. The van der Waals surface area contributed by atoms with Gasteiger partial charge < -0.3 is 31.1 Å². The molecule has 3 rings (SSSR count). The van der Waals surface area contributed by atoms with Crippen molar-refractivity contribution in [3.8, 4) is 11.8 Å². The van der Waals surface area contributed by atoms with E-state index in [1.165, 1.54) is 6.07 Å². The third-order valence-electron chi connectivity index (χ3n) is 6.68. The molecule has 5 N–H and O–H groups in total. The van der Waals surface area contributed by atoms with E-state index >= 15 is 0 Å². The molecule has 0 radical (unpaired) electrons. The van der Waals surface area contributed by atoms with Crippen LogP contribution in [0.15, 0.2) is 36.5 Å². The van der Waals surface area contributed by atoms with Crippen LogP contribution in [0.5, 0.6) is 0 Å². The zero-order chi connectivity index (χ0) is 31.2. The Morgan fingerprint density at radius 1 is 1.28 bits per heavy atom. The second-order valence-corrected chi connectivity index (χ2v) is 10.4. The lowest BCUT2D eigenvalue weighted by atomic mass is 10.1. The van der Waals surface area contributed by atoms with Gasteiger partial charge in [-0.15, -0.1) is 0 Å². The summed E-state index contributed by atoms with van der Waals surface area (Å²) in [6.07, 6.45) is 8.58. The average molecular weight is 592 g/mol. The van der Waals surface area contributed by atoms with Gasteiger partial charge in [0.05, 0.1) is 17.3 Å². The number of rotatable bonds is 14. The SMILES string of the molecule is CCCNc1nc(Nc2ccc(NC)c(C(=N)F)c2)ncc1C#CCCCNC(=O)[C@@H]1CCCN1C(=O)/C=C/CN(C)C. The highest BCUT2D eigenvalue weighted by Gasteiger charge is 2.32. The Kier molecular flexibility index (Phi) is 12.9. The maximum absolute atomic E-state index is 13.7. The van der Waals surface area contributed by atoms with Crippen molar-refractivity contribution in [1.82, 2.24) is 25.1 Å². The Bertz CT molecular complexity index is 1370. The Hall–Kier alpha value is -4.50. The molecule has 0 unspecified atom stereocenters. The normalized spacial score (nSPS) is 14.4. The van der Waals surface area contributed by atoms with Gasteiger partial charge in [0.1, 0.15) is 11.9 Å². The molecule has 11 nitrogen and oxygen atoms in total. The molecule has 1 aromatic heterocycles. The van der Waals surface area contributed by atoms with Gasteiger partial charge in [-0.05, 0) is 58.0 Å². The molecule has 1 atom stereocenters. The van der Waals surface area contributed by atoms with Crippen LogP contribution in [-0.2, 0) is 9.59 Å². The number of anilines is 4. The molecule has 1 aliphatic rings. The topological polar surface area (TPSA) is 138 Å². The summed E-state index contributed by atoms with van der Waals surface area (Å²) in [5.74, 6) is 5.85. The van der Waals surface area contributed by atoms with E-state index in [0.717, 1.165) is 12.8 Å². The first-order chi connectivity index (χ1) is 20.7. The van der Waals surface area contributed by atoms with Crippen molar-refractivity contribution in [3.05, 3.63) is 47.7 Å². The molecule has 1 fully saturated rings. The molecule has 0 aliphatic carbocycles. The second-order valence-electron chi connectivity index (χ2n) is 10.4. The van der Waals surface area contributed by atoms with E-state index in [4.69, 9.17) is 5.41 Å². The minimum atomic E-state index is -1.04. The van der Waals surface area contributed by atoms with Crippen LogP contribution in [0.2, 0.25) is 0 Å². The summed E-state index contributed by atoms with van der Waals surface area (Å²) in [4.78, 5) is 37.8. The monoisotopic (exact) mass is 591 g/mol. The van der Waals surface area contributed by atoms with E-state index in [1.54, 1.807) is 36.4 Å². The fourth-order valence-electron chi connectivity index (χ4n) is 4.49. The molecule has 1 saturated heterocycles. The van der Waals surface area contributed by atoms with Gasteiger partial charge in [-0.25, -0.2) is 4.98 Å². The van der Waals surface area contributed by atoms with Crippen LogP contribution in [-0.4, -0.2) is 90.9 Å². The number of hydrogen-bond acceptors (Lipinski definition) is 9. The predicted octanol–water partition coefficient (Wildman–Crippen LogP) is 3.74. The lowest BCUT2D eigenvalue weighted by Gasteiger charge is -2.22. The average Bonchev–Trinajstić information content (AvgIpc) is 3.48. The summed E-state index contributed by atoms with van der Waals surface area (Å²) in [6.45, 7) is 4.47. The summed E-state index contributed by atoms with van der Waals surface area (Å²) < 4.78 is 13.7. The van der Waals surface area contributed by atoms with Gasteiger partial charge in [-0.2, -0.15) is 9.37 Å². The predicted molar refractivity (Wildman–Crippen MR) is 170 cm³/mol. The molecule has 1 aliphatic heterocycles. The number of nitrogens with one attached hydrogen (secondary N) is 5. The quantitative estimate of drug-likeness (QED) is 0.0970. The first kappa shape index (κ1) is 33.0. The van der Waals surface area contributed by atoms with Crippen molar-refractivity contribution in [2.45, 2.75) is 45.1 Å². The highest BCUT2D eigenvalue weighted by atomic mass is 19.1. The van der Waals surface area contributed by atoms with Crippen molar-refractivity contribution >= 4 is 40.9 Å². The van der Waals surface area contributed by atoms with Crippen LogP contribution in [0.1, 0.15) is 50.2 Å². The molecule has 2 heterocycles. The highest BCUT2D eigenvalue weighted by Crippen LogP contribution is 2.24. The Labute approximate surface area is 253 Å². The van der Waals surface area contributed by atoms with Crippen LogP contribution in [0.4, 0.5) is 27.5 Å². The van der Waals surface area contributed by atoms with Crippen LogP contribution >= 0.6 is 0 Å². The number of carbonyl (C=O) groups excluding carboxylic acids is 2. The molecule has 12 heteroatoms. The number of amides is 2. The number of unbranched alkanes of at least 4 members (excludes halogenated alkanes) is 1. The first-order valence-electron chi connectivity index (χ1n) is 14.6. The first-order valence-corrected chi connectivity index (χ1v) is 14.6. The summed E-state index contributed by atoms with van der Waals surface area (Å²) in [5, 5.41) is 19.5. The van der Waals surface area contributed by atoms with Crippen molar-refractivity contribution in [3.63, 3.8) is 0 Å². The van der Waals surface area contributed by atoms with Crippen LogP contribution < -0.4 is 21.3 Å². The van der Waals surface area contributed by atoms with Gasteiger partial charge >= 0.3 is 0 Å². The zero-order valence-corrected chi connectivity index (χ0v) is 25.4. The minimum absolute atomic E-state index is 0.126. The van der Waals surface area contributed by atoms with E-state index in [-0.39, 0.29) is 17.4 Å². The second kappa shape index (κ2) is 16.8. The van der Waals surface area contributed by atoms with Crippen LogP contribution in [0.25, 0.3) is 0 Å². The van der Waals surface area contributed by atoms with Gasteiger partial charge in [0.25, 0.3) is 0 Å². The largest absolute Gasteiger partial charge is 0.388 e. The third-order valence-corrected chi connectivity index (χ3v) is 6.68. The van der Waals surface area contributed by atoms with E-state index in [1.807, 2.05) is 32.0 Å². The molecule has 0 bridgehead atoms. The van der Waals surface area contributed by atoms with Gasteiger partial charge in [-0.1, -0.05) is 24.8 Å². The van der Waals surface area contributed by atoms with Crippen LogP contribution in [0, 0.1) is 17.3 Å². The number of hydrogen-bond donors (Lipinski definition) is 5. The standard InChI is InChI=1S/C31H42FN9O2/c1-5-16-35-29-22(21-37-31(39-29)38-23-14-15-25(34-2)24(20-23)28(32)33)11-7-6-8-17-36-30(43)26-12-9-19-41(26)27(42)13-10-18-40(3)4/h10,13-15,20-21,26,33-34H,5-6,8-9,12,16-19H2,1-4H3,(H,36,43)(H2,35,37,38,39)/b13-10+,33-28?/t26-/m0/s1. The number of aromatic nitrogens is 2. The molecular weight excluding hydrogens is 549 g/mol. The Balaban J connectivity index is 1.55. The highest BCUT2D eigenvalue weighted by molar-refractivity contribution is 5.98. The fraction of sp³-hybridized carbons (Fsp3) is 0.452. The van der Waals surface area contributed by atoms with Gasteiger partial charge in [0, 0.05) is 57.1 Å². The molecule has 0 saturated carbocycles. The number of likely N-dealkylation sites (N-methyl/N-ethyl adjacent to an activating group) is 1. The molecule has 0 spiro atoms. The molecule has 2 amide bonds. The molecular formula is C31H42FN9O2. The van der Waals surface area contributed by atoms with E-state index in [2.05, 4.69) is 43.1 Å². The van der Waals surface area contributed by atoms with Gasteiger partial charge in [0.15, 0.2) is 0 Å².